The molecule has 8 heteroatoms. The van der Waals surface area contributed by atoms with Gasteiger partial charge in [-0.25, -0.2) is 0 Å². The molecular weight excluding hydrogens is 370 g/mol. The number of anilines is 1. The number of thiophene rings is 1. The summed E-state index contributed by atoms with van der Waals surface area (Å²) in [5.74, 6) is 0.324. The summed E-state index contributed by atoms with van der Waals surface area (Å²) in [7, 11) is 0. The van der Waals surface area contributed by atoms with Crippen LogP contribution in [0.3, 0.4) is 0 Å². The molecule has 4 N–H and O–H groups in total. The van der Waals surface area contributed by atoms with Crippen LogP contribution >= 0.6 is 22.9 Å². The lowest BCUT2D eigenvalue weighted by molar-refractivity contribution is -0.117. The predicted molar refractivity (Wildman–Crippen MR) is 106 cm³/mol. The third-order valence-corrected chi connectivity index (χ3v) is 5.84. The van der Waals surface area contributed by atoms with Crippen LogP contribution in [0.2, 0.25) is 5.02 Å². The number of carbonyl (C=O) groups is 1. The van der Waals surface area contributed by atoms with Crippen molar-refractivity contribution in [3.8, 4) is 10.4 Å². The molecule has 1 aliphatic rings. The maximum atomic E-state index is 11.4. The van der Waals surface area contributed by atoms with E-state index in [1.165, 1.54) is 0 Å². The monoisotopic (exact) mass is 387 g/mol. The van der Waals surface area contributed by atoms with Crippen LogP contribution in [0, 0.1) is 0 Å². The summed E-state index contributed by atoms with van der Waals surface area (Å²) in [6.45, 7) is 1.89. The Bertz CT molecular complexity index is 967. The molecule has 134 valence electrons. The first kappa shape index (κ1) is 17.2. The summed E-state index contributed by atoms with van der Waals surface area (Å²) < 4.78 is 0.933. The zero-order valence-corrected chi connectivity index (χ0v) is 15.5. The standard InChI is InChI=1S/C18H18ClN5OS/c19-11-3-1-2-10(6-11)15-7-13-17(26-15)14(8-16(20)25)23-24-18(13)22-12-4-5-21-9-12/h1-3,6-7,12,21H,4-5,8-9H2,(H2,20,25)(H,22,24). The number of halogens is 1. The molecule has 0 saturated carbocycles. The van der Waals surface area contributed by atoms with Gasteiger partial charge in [-0.15, -0.1) is 16.4 Å². The normalized spacial score (nSPS) is 16.9. The highest BCUT2D eigenvalue weighted by atomic mass is 35.5. The lowest BCUT2D eigenvalue weighted by Gasteiger charge is -2.12. The summed E-state index contributed by atoms with van der Waals surface area (Å²) in [5.41, 5.74) is 7.02. The van der Waals surface area contributed by atoms with Crippen LogP contribution in [0.5, 0.6) is 0 Å². The van der Waals surface area contributed by atoms with Crippen molar-refractivity contribution in [3.63, 3.8) is 0 Å². The summed E-state index contributed by atoms with van der Waals surface area (Å²) in [6.07, 6.45) is 1.11. The molecule has 26 heavy (non-hydrogen) atoms. The molecule has 1 fully saturated rings. The van der Waals surface area contributed by atoms with Crippen molar-refractivity contribution in [1.82, 2.24) is 15.5 Å². The van der Waals surface area contributed by atoms with Gasteiger partial charge in [-0.1, -0.05) is 23.7 Å². The van der Waals surface area contributed by atoms with E-state index in [1.807, 2.05) is 24.3 Å². The number of rotatable bonds is 5. The molecule has 2 aromatic heterocycles. The van der Waals surface area contributed by atoms with E-state index >= 15 is 0 Å². The highest BCUT2D eigenvalue weighted by Crippen LogP contribution is 2.38. The number of nitrogens with one attached hydrogen (secondary N) is 2. The molecule has 6 nitrogen and oxygen atoms in total. The quantitative estimate of drug-likeness (QED) is 0.626. The van der Waals surface area contributed by atoms with Crippen LogP contribution in [0.25, 0.3) is 20.5 Å². The van der Waals surface area contributed by atoms with Gasteiger partial charge in [-0.05, 0) is 36.7 Å². The molecule has 1 aromatic carbocycles. The first-order valence-corrected chi connectivity index (χ1v) is 9.60. The Morgan fingerprint density at radius 3 is 3.00 bits per heavy atom. The molecule has 1 atom stereocenters. The van der Waals surface area contributed by atoms with Gasteiger partial charge in [0.2, 0.25) is 5.91 Å². The molecule has 3 heterocycles. The Morgan fingerprint density at radius 1 is 1.38 bits per heavy atom. The topological polar surface area (TPSA) is 92.9 Å². The summed E-state index contributed by atoms with van der Waals surface area (Å²) in [4.78, 5) is 12.5. The van der Waals surface area contributed by atoms with Crippen molar-refractivity contribution in [2.45, 2.75) is 18.9 Å². The number of nitrogens with zero attached hydrogens (tertiary/aromatic N) is 2. The minimum Gasteiger partial charge on any atom is -0.369 e. The molecule has 0 aliphatic carbocycles. The van der Waals surface area contributed by atoms with E-state index in [-0.39, 0.29) is 6.42 Å². The number of fused-ring (bicyclic) bond motifs is 1. The number of hydrogen-bond donors (Lipinski definition) is 3. The highest BCUT2D eigenvalue weighted by molar-refractivity contribution is 7.22. The maximum absolute atomic E-state index is 11.4. The molecule has 0 spiro atoms. The Hall–Kier alpha value is -2.22. The Kier molecular flexibility index (Phi) is 4.76. The molecule has 0 bridgehead atoms. The molecular formula is C18H18ClN5OS. The second kappa shape index (κ2) is 7.19. The number of amides is 1. The zero-order chi connectivity index (χ0) is 18.1. The van der Waals surface area contributed by atoms with Crippen LogP contribution in [-0.2, 0) is 11.2 Å². The third kappa shape index (κ3) is 3.51. The van der Waals surface area contributed by atoms with E-state index in [0.29, 0.717) is 16.8 Å². The Labute approximate surface area is 159 Å². The SMILES string of the molecule is NC(=O)Cc1nnc(NC2CCNC2)c2cc(-c3cccc(Cl)c3)sc12. The van der Waals surface area contributed by atoms with E-state index in [2.05, 4.69) is 26.9 Å². The molecule has 1 aliphatic heterocycles. The number of carbonyl (C=O) groups excluding carboxylic acids is 1. The Morgan fingerprint density at radius 2 is 2.27 bits per heavy atom. The van der Waals surface area contributed by atoms with Gasteiger partial charge in [0.05, 0.1) is 16.8 Å². The van der Waals surface area contributed by atoms with Gasteiger partial charge in [0, 0.05) is 27.9 Å². The van der Waals surface area contributed by atoms with Crippen LogP contribution in [0.4, 0.5) is 5.82 Å². The molecule has 4 rings (SSSR count). The second-order valence-electron chi connectivity index (χ2n) is 6.34. The average Bonchev–Trinajstić information content (AvgIpc) is 3.26. The molecule has 1 amide bonds. The van der Waals surface area contributed by atoms with Gasteiger partial charge < -0.3 is 16.4 Å². The number of aromatic nitrogens is 2. The first-order chi connectivity index (χ1) is 12.6. The Balaban J connectivity index is 1.81. The molecule has 1 saturated heterocycles. The average molecular weight is 388 g/mol. The van der Waals surface area contributed by atoms with Gasteiger partial charge in [0.1, 0.15) is 0 Å². The van der Waals surface area contributed by atoms with Crippen molar-refractivity contribution in [2.24, 2.45) is 5.73 Å². The smallest absolute Gasteiger partial charge is 0.223 e. The van der Waals surface area contributed by atoms with Crippen LogP contribution < -0.4 is 16.4 Å². The fourth-order valence-electron chi connectivity index (χ4n) is 3.13. The van der Waals surface area contributed by atoms with E-state index in [9.17, 15) is 4.79 Å². The maximum Gasteiger partial charge on any atom is 0.223 e. The largest absolute Gasteiger partial charge is 0.369 e. The minimum atomic E-state index is -0.418. The van der Waals surface area contributed by atoms with Crippen molar-refractivity contribution >= 4 is 44.7 Å². The van der Waals surface area contributed by atoms with Gasteiger partial charge in [-0.3, -0.25) is 4.79 Å². The molecule has 3 aromatic rings. The van der Waals surface area contributed by atoms with Crippen LogP contribution in [0.1, 0.15) is 12.1 Å². The van der Waals surface area contributed by atoms with Crippen molar-refractivity contribution in [1.29, 1.82) is 0 Å². The van der Waals surface area contributed by atoms with Gasteiger partial charge >= 0.3 is 0 Å². The van der Waals surface area contributed by atoms with Crippen molar-refractivity contribution in [3.05, 3.63) is 41.0 Å². The van der Waals surface area contributed by atoms with Crippen molar-refractivity contribution in [2.75, 3.05) is 18.4 Å². The number of primary amides is 1. The second-order valence-corrected chi connectivity index (χ2v) is 7.82. The lowest BCUT2D eigenvalue weighted by Crippen LogP contribution is -2.23. The summed E-state index contributed by atoms with van der Waals surface area (Å²) >= 11 is 7.71. The van der Waals surface area contributed by atoms with Gasteiger partial charge in [0.15, 0.2) is 5.82 Å². The number of nitrogens with two attached hydrogens (primary N) is 1. The van der Waals surface area contributed by atoms with E-state index in [4.69, 9.17) is 17.3 Å². The van der Waals surface area contributed by atoms with Crippen LogP contribution in [-0.4, -0.2) is 35.2 Å². The van der Waals surface area contributed by atoms with E-state index in [0.717, 1.165) is 45.9 Å². The van der Waals surface area contributed by atoms with E-state index < -0.39 is 5.91 Å². The molecule has 0 radical (unpaired) electrons. The summed E-state index contributed by atoms with van der Waals surface area (Å²) in [5, 5.41) is 17.0. The first-order valence-electron chi connectivity index (χ1n) is 8.41. The minimum absolute atomic E-state index is 0.0737. The highest BCUT2D eigenvalue weighted by Gasteiger charge is 2.20. The fourth-order valence-corrected chi connectivity index (χ4v) is 4.46. The van der Waals surface area contributed by atoms with E-state index in [1.54, 1.807) is 11.3 Å². The van der Waals surface area contributed by atoms with Gasteiger partial charge in [0.25, 0.3) is 0 Å². The lowest BCUT2D eigenvalue weighted by atomic mass is 10.1. The number of hydrogen-bond acceptors (Lipinski definition) is 6. The fraction of sp³-hybridized carbons (Fsp3) is 0.278. The summed E-state index contributed by atoms with van der Waals surface area (Å²) in [6, 6.07) is 10.1. The third-order valence-electron chi connectivity index (χ3n) is 4.37. The zero-order valence-electron chi connectivity index (χ0n) is 14.0. The number of benzene rings is 1. The molecule has 1 unspecified atom stereocenters. The van der Waals surface area contributed by atoms with Crippen molar-refractivity contribution < 1.29 is 4.79 Å². The van der Waals surface area contributed by atoms with Gasteiger partial charge in [-0.2, -0.15) is 5.10 Å². The predicted octanol–water partition coefficient (Wildman–Crippen LogP) is 2.81. The van der Waals surface area contributed by atoms with Crippen LogP contribution in [0.15, 0.2) is 30.3 Å².